The Balaban J connectivity index is 1.57. The second-order valence-corrected chi connectivity index (χ2v) is 7.57. The Morgan fingerprint density at radius 2 is 2.25 bits per heavy atom. The molecule has 126 valence electrons. The van der Waals surface area contributed by atoms with E-state index in [2.05, 4.69) is 14.9 Å². The highest BCUT2D eigenvalue weighted by molar-refractivity contribution is 7.17. The lowest BCUT2D eigenvalue weighted by atomic mass is 10.1. The Morgan fingerprint density at radius 3 is 2.92 bits per heavy atom. The van der Waals surface area contributed by atoms with Gasteiger partial charge in [0.1, 0.15) is 9.88 Å². The van der Waals surface area contributed by atoms with Gasteiger partial charge in [0.2, 0.25) is 0 Å². The molecule has 0 N–H and O–H groups in total. The molecule has 1 amide bonds. The summed E-state index contributed by atoms with van der Waals surface area (Å²) >= 11 is 1.46. The van der Waals surface area contributed by atoms with Crippen LogP contribution in [0.2, 0.25) is 0 Å². The topological polar surface area (TPSA) is 55.3 Å². The third kappa shape index (κ3) is 3.21. The number of aromatic nitrogens is 2. The Bertz CT molecular complexity index is 721. The first-order valence-corrected chi connectivity index (χ1v) is 9.31. The van der Waals surface area contributed by atoms with E-state index < -0.39 is 0 Å². The van der Waals surface area contributed by atoms with Gasteiger partial charge in [0, 0.05) is 31.3 Å². The van der Waals surface area contributed by atoms with Gasteiger partial charge in [-0.3, -0.25) is 9.78 Å². The second kappa shape index (κ2) is 6.61. The van der Waals surface area contributed by atoms with E-state index in [4.69, 9.17) is 4.74 Å². The maximum absolute atomic E-state index is 13.1. The van der Waals surface area contributed by atoms with Crippen LogP contribution >= 0.6 is 11.3 Å². The molecule has 1 aliphatic carbocycles. The summed E-state index contributed by atoms with van der Waals surface area (Å²) in [5.74, 6) is 0.597. The van der Waals surface area contributed by atoms with Gasteiger partial charge in [0.15, 0.2) is 0 Å². The highest BCUT2D eigenvalue weighted by Gasteiger charge is 2.36. The highest BCUT2D eigenvalue weighted by Crippen LogP contribution is 2.33. The summed E-state index contributed by atoms with van der Waals surface area (Å²) in [5, 5.41) is 0.816. The van der Waals surface area contributed by atoms with Crippen LogP contribution in [0.1, 0.15) is 34.6 Å². The number of carbonyl (C=O) groups excluding carboxylic acids is 1. The van der Waals surface area contributed by atoms with Crippen LogP contribution in [0.25, 0.3) is 10.7 Å². The van der Waals surface area contributed by atoms with Crippen molar-refractivity contribution in [3.05, 3.63) is 35.0 Å². The van der Waals surface area contributed by atoms with Gasteiger partial charge in [-0.25, -0.2) is 4.98 Å². The fourth-order valence-electron chi connectivity index (χ4n) is 3.11. The Labute approximate surface area is 145 Å². The van der Waals surface area contributed by atoms with Crippen molar-refractivity contribution in [1.29, 1.82) is 0 Å². The van der Waals surface area contributed by atoms with Crippen LogP contribution < -0.4 is 0 Å². The molecule has 0 aromatic carbocycles. The Morgan fingerprint density at radius 1 is 1.38 bits per heavy atom. The van der Waals surface area contributed by atoms with Crippen LogP contribution in [0.15, 0.2) is 24.4 Å². The summed E-state index contributed by atoms with van der Waals surface area (Å²) in [7, 11) is 0. The number of hydrogen-bond acceptors (Lipinski definition) is 5. The highest BCUT2D eigenvalue weighted by atomic mass is 32.1. The lowest BCUT2D eigenvalue weighted by molar-refractivity contribution is 0.0710. The van der Waals surface area contributed by atoms with E-state index in [1.54, 1.807) is 6.20 Å². The molecule has 1 saturated heterocycles. The normalized spacial score (nSPS) is 20.3. The summed E-state index contributed by atoms with van der Waals surface area (Å²) in [4.78, 5) is 24.8. The fraction of sp³-hybridized carbons (Fsp3) is 0.500. The SMILES string of the molecule is Cc1nc(-c2ccccn2)sc1C(=O)N(CC1CCOC1)C1CC1. The zero-order valence-electron chi connectivity index (χ0n) is 13.8. The summed E-state index contributed by atoms with van der Waals surface area (Å²) in [6.45, 7) is 4.32. The minimum absolute atomic E-state index is 0.126. The third-order valence-corrected chi connectivity index (χ3v) is 5.77. The first kappa shape index (κ1) is 15.7. The van der Waals surface area contributed by atoms with Crippen molar-refractivity contribution in [2.45, 2.75) is 32.2 Å². The third-order valence-electron chi connectivity index (χ3n) is 4.60. The van der Waals surface area contributed by atoms with Crippen LogP contribution in [0.4, 0.5) is 0 Å². The van der Waals surface area contributed by atoms with Crippen molar-refractivity contribution in [2.24, 2.45) is 5.92 Å². The minimum atomic E-state index is 0.126. The molecule has 2 fully saturated rings. The molecule has 1 saturated carbocycles. The summed E-state index contributed by atoms with van der Waals surface area (Å²) < 4.78 is 5.47. The van der Waals surface area contributed by atoms with E-state index in [1.807, 2.05) is 25.1 Å². The molecule has 0 bridgehead atoms. The lowest BCUT2D eigenvalue weighted by Gasteiger charge is -2.24. The van der Waals surface area contributed by atoms with E-state index in [0.717, 1.165) is 60.3 Å². The smallest absolute Gasteiger partial charge is 0.266 e. The number of pyridine rings is 1. The molecule has 1 aliphatic heterocycles. The molecule has 2 aromatic heterocycles. The van der Waals surface area contributed by atoms with E-state index in [1.165, 1.54) is 11.3 Å². The molecule has 2 aliphatic rings. The number of amides is 1. The molecular formula is C18H21N3O2S. The molecular weight excluding hydrogens is 322 g/mol. The number of ether oxygens (including phenoxy) is 1. The summed E-state index contributed by atoms with van der Waals surface area (Å²) in [5.41, 5.74) is 1.63. The maximum atomic E-state index is 13.1. The molecule has 0 spiro atoms. The lowest BCUT2D eigenvalue weighted by Crippen LogP contribution is -2.37. The molecule has 1 unspecified atom stereocenters. The van der Waals surface area contributed by atoms with Crippen molar-refractivity contribution in [3.8, 4) is 10.7 Å². The van der Waals surface area contributed by atoms with Crippen LogP contribution in [0.3, 0.4) is 0 Å². The standard InChI is InChI=1S/C18H21N3O2S/c1-12-16(24-17(20-12)15-4-2-3-8-19-15)18(22)21(14-5-6-14)10-13-7-9-23-11-13/h2-4,8,13-14H,5-7,9-11H2,1H3. The monoisotopic (exact) mass is 343 g/mol. The van der Waals surface area contributed by atoms with Gasteiger partial charge in [0.05, 0.1) is 18.0 Å². The van der Waals surface area contributed by atoms with Crippen molar-refractivity contribution in [3.63, 3.8) is 0 Å². The number of hydrogen-bond donors (Lipinski definition) is 0. The first-order chi connectivity index (χ1) is 11.7. The summed E-state index contributed by atoms with van der Waals surface area (Å²) in [6, 6.07) is 6.16. The van der Waals surface area contributed by atoms with Crippen LogP contribution in [0.5, 0.6) is 0 Å². The summed E-state index contributed by atoms with van der Waals surface area (Å²) in [6.07, 6.45) is 5.04. The largest absolute Gasteiger partial charge is 0.381 e. The second-order valence-electron chi connectivity index (χ2n) is 6.57. The van der Waals surface area contributed by atoms with Gasteiger partial charge >= 0.3 is 0 Å². The van der Waals surface area contributed by atoms with Crippen molar-refractivity contribution in [2.75, 3.05) is 19.8 Å². The fourth-order valence-corrected chi connectivity index (χ4v) is 4.11. The Kier molecular flexibility index (Phi) is 4.33. The van der Waals surface area contributed by atoms with E-state index in [0.29, 0.717) is 12.0 Å². The van der Waals surface area contributed by atoms with E-state index in [-0.39, 0.29) is 5.91 Å². The van der Waals surface area contributed by atoms with Gasteiger partial charge in [-0.1, -0.05) is 6.07 Å². The van der Waals surface area contributed by atoms with Gasteiger partial charge in [-0.05, 0) is 38.3 Å². The molecule has 5 nitrogen and oxygen atoms in total. The molecule has 2 aromatic rings. The molecule has 0 radical (unpaired) electrons. The van der Waals surface area contributed by atoms with Crippen molar-refractivity contribution < 1.29 is 9.53 Å². The van der Waals surface area contributed by atoms with Crippen LogP contribution in [-0.4, -0.2) is 46.6 Å². The zero-order chi connectivity index (χ0) is 16.5. The number of nitrogens with zero attached hydrogens (tertiary/aromatic N) is 3. The van der Waals surface area contributed by atoms with Gasteiger partial charge in [-0.2, -0.15) is 0 Å². The van der Waals surface area contributed by atoms with E-state index >= 15 is 0 Å². The zero-order valence-corrected chi connectivity index (χ0v) is 14.6. The van der Waals surface area contributed by atoms with Crippen molar-refractivity contribution >= 4 is 17.2 Å². The van der Waals surface area contributed by atoms with Crippen LogP contribution in [-0.2, 0) is 4.74 Å². The predicted molar refractivity (Wildman–Crippen MR) is 93.1 cm³/mol. The molecule has 24 heavy (non-hydrogen) atoms. The average Bonchev–Trinajstić information content (AvgIpc) is 3.17. The van der Waals surface area contributed by atoms with Gasteiger partial charge < -0.3 is 9.64 Å². The molecule has 4 rings (SSSR count). The Hall–Kier alpha value is -1.79. The maximum Gasteiger partial charge on any atom is 0.266 e. The molecule has 1 atom stereocenters. The number of aryl methyl sites for hydroxylation is 1. The van der Waals surface area contributed by atoms with Crippen molar-refractivity contribution in [1.82, 2.24) is 14.9 Å². The molecule has 3 heterocycles. The average molecular weight is 343 g/mol. The first-order valence-electron chi connectivity index (χ1n) is 8.50. The van der Waals surface area contributed by atoms with E-state index in [9.17, 15) is 4.79 Å². The number of thiazole rings is 1. The number of carbonyl (C=O) groups is 1. The van der Waals surface area contributed by atoms with Gasteiger partial charge in [-0.15, -0.1) is 11.3 Å². The molecule has 6 heteroatoms. The minimum Gasteiger partial charge on any atom is -0.381 e. The predicted octanol–water partition coefficient (Wildman–Crippen LogP) is 3.15. The van der Waals surface area contributed by atoms with Crippen LogP contribution in [0, 0.1) is 12.8 Å². The van der Waals surface area contributed by atoms with Gasteiger partial charge in [0.25, 0.3) is 5.91 Å². The number of rotatable bonds is 5. The quantitative estimate of drug-likeness (QED) is 0.837.